The van der Waals surface area contributed by atoms with Crippen molar-refractivity contribution in [3.05, 3.63) is 35.2 Å². The summed E-state index contributed by atoms with van der Waals surface area (Å²) >= 11 is 1.62. The summed E-state index contributed by atoms with van der Waals surface area (Å²) in [6.45, 7) is 4.09. The quantitative estimate of drug-likeness (QED) is 0.878. The second-order valence-electron chi connectivity index (χ2n) is 6.20. The first-order valence-electron chi connectivity index (χ1n) is 7.80. The molecule has 3 nitrogen and oxygen atoms in total. The smallest absolute Gasteiger partial charge is 0.263 e. The Bertz CT molecular complexity index is 619. The molecule has 2 saturated heterocycles. The minimum Gasteiger partial charge on any atom is -0.338 e. The number of carbonyl (C=O) groups is 1. The van der Waals surface area contributed by atoms with E-state index in [0.717, 1.165) is 55.7 Å². The Balaban J connectivity index is 1.54. The minimum absolute atomic E-state index is 0.226. The Hall–Kier alpha value is -1.39. The lowest BCUT2D eigenvalue weighted by atomic mass is 9.92. The summed E-state index contributed by atoms with van der Waals surface area (Å²) in [5.41, 5.74) is 0. The fraction of sp³-hybridized carbons (Fsp3) is 0.471. The normalized spacial score (nSPS) is 25.8. The van der Waals surface area contributed by atoms with Crippen molar-refractivity contribution in [2.24, 2.45) is 11.8 Å². The van der Waals surface area contributed by atoms with Gasteiger partial charge in [-0.1, -0.05) is 18.2 Å². The number of thiophene rings is 1. The Morgan fingerprint density at radius 2 is 1.86 bits per heavy atom. The SMILES string of the molecule is O=C(c1cc2ccccc2s1)N1CC[C@@H]2CNC[C@@H]2CC1. The van der Waals surface area contributed by atoms with Gasteiger partial charge in [0.25, 0.3) is 5.91 Å². The molecule has 2 aromatic rings. The molecule has 0 spiro atoms. The maximum atomic E-state index is 12.8. The average Bonchev–Trinajstić information content (AvgIpc) is 3.09. The molecule has 2 aliphatic rings. The maximum Gasteiger partial charge on any atom is 0.263 e. The van der Waals surface area contributed by atoms with Gasteiger partial charge in [0, 0.05) is 17.8 Å². The van der Waals surface area contributed by atoms with E-state index in [1.165, 1.54) is 10.1 Å². The molecule has 2 atom stereocenters. The third-order valence-corrected chi connectivity index (χ3v) is 6.05. The number of nitrogens with zero attached hydrogens (tertiary/aromatic N) is 1. The topological polar surface area (TPSA) is 32.3 Å². The summed E-state index contributed by atoms with van der Waals surface area (Å²) in [5, 5.41) is 4.67. The summed E-state index contributed by atoms with van der Waals surface area (Å²) in [6, 6.07) is 10.3. The number of rotatable bonds is 1. The standard InChI is InChI=1S/C17H20N2OS/c20-17(16-9-12-3-1-2-4-15(12)21-16)19-7-5-13-10-18-11-14(13)6-8-19/h1-4,9,13-14,18H,5-8,10-11H2/t13-,14+. The molecular formula is C17H20N2OS. The van der Waals surface area contributed by atoms with Gasteiger partial charge in [-0.2, -0.15) is 0 Å². The van der Waals surface area contributed by atoms with Crippen molar-refractivity contribution in [3.63, 3.8) is 0 Å². The zero-order chi connectivity index (χ0) is 14.2. The lowest BCUT2D eigenvalue weighted by Crippen LogP contribution is -2.32. The fourth-order valence-corrected chi connectivity index (χ4v) is 4.69. The summed E-state index contributed by atoms with van der Waals surface area (Å²) in [6.07, 6.45) is 2.29. The van der Waals surface area contributed by atoms with Gasteiger partial charge in [-0.05, 0) is 55.3 Å². The van der Waals surface area contributed by atoms with Crippen LogP contribution in [0.5, 0.6) is 0 Å². The number of hydrogen-bond acceptors (Lipinski definition) is 3. The number of likely N-dealkylation sites (tertiary alicyclic amines) is 1. The van der Waals surface area contributed by atoms with Gasteiger partial charge < -0.3 is 10.2 Å². The molecule has 21 heavy (non-hydrogen) atoms. The highest BCUT2D eigenvalue weighted by Crippen LogP contribution is 2.30. The lowest BCUT2D eigenvalue weighted by molar-refractivity contribution is 0.0763. The Morgan fingerprint density at radius 1 is 1.14 bits per heavy atom. The van der Waals surface area contributed by atoms with Crippen LogP contribution in [0, 0.1) is 11.8 Å². The molecule has 2 fully saturated rings. The second-order valence-corrected chi connectivity index (χ2v) is 7.28. The summed E-state index contributed by atoms with van der Waals surface area (Å²) < 4.78 is 1.21. The van der Waals surface area contributed by atoms with Gasteiger partial charge in [0.05, 0.1) is 4.88 Å². The first-order valence-corrected chi connectivity index (χ1v) is 8.61. The third kappa shape index (κ3) is 2.47. The van der Waals surface area contributed by atoms with Crippen LogP contribution in [-0.2, 0) is 0 Å². The number of fused-ring (bicyclic) bond motifs is 2. The van der Waals surface area contributed by atoms with E-state index in [-0.39, 0.29) is 5.91 Å². The largest absolute Gasteiger partial charge is 0.338 e. The first-order chi connectivity index (χ1) is 10.3. The van der Waals surface area contributed by atoms with Crippen molar-refractivity contribution >= 4 is 27.3 Å². The summed E-state index contributed by atoms with van der Waals surface area (Å²) in [5.74, 6) is 1.76. The van der Waals surface area contributed by atoms with Gasteiger partial charge in [-0.15, -0.1) is 11.3 Å². The molecule has 1 aromatic carbocycles. The van der Waals surface area contributed by atoms with Gasteiger partial charge in [0.2, 0.25) is 0 Å². The van der Waals surface area contributed by atoms with E-state index in [1.807, 2.05) is 12.1 Å². The van der Waals surface area contributed by atoms with Crippen LogP contribution in [0.2, 0.25) is 0 Å². The molecule has 110 valence electrons. The van der Waals surface area contributed by atoms with Gasteiger partial charge in [0.15, 0.2) is 0 Å². The molecule has 4 rings (SSSR count). The van der Waals surface area contributed by atoms with Crippen molar-refractivity contribution in [1.29, 1.82) is 0 Å². The van der Waals surface area contributed by atoms with Crippen LogP contribution < -0.4 is 5.32 Å². The van der Waals surface area contributed by atoms with Crippen LogP contribution in [0.1, 0.15) is 22.5 Å². The van der Waals surface area contributed by atoms with Crippen LogP contribution >= 0.6 is 11.3 Å². The molecule has 0 unspecified atom stereocenters. The highest BCUT2D eigenvalue weighted by Gasteiger charge is 2.31. The third-order valence-electron chi connectivity index (χ3n) is 4.94. The van der Waals surface area contributed by atoms with Crippen molar-refractivity contribution < 1.29 is 4.79 Å². The summed E-state index contributed by atoms with van der Waals surface area (Å²) in [4.78, 5) is 15.7. The predicted molar refractivity (Wildman–Crippen MR) is 86.8 cm³/mol. The van der Waals surface area contributed by atoms with Gasteiger partial charge in [-0.25, -0.2) is 0 Å². The Morgan fingerprint density at radius 3 is 2.57 bits per heavy atom. The highest BCUT2D eigenvalue weighted by atomic mass is 32.1. The monoisotopic (exact) mass is 300 g/mol. The van der Waals surface area contributed by atoms with E-state index >= 15 is 0 Å². The number of amides is 1. The molecule has 3 heterocycles. The molecule has 0 radical (unpaired) electrons. The van der Waals surface area contributed by atoms with E-state index in [9.17, 15) is 4.79 Å². The highest BCUT2D eigenvalue weighted by molar-refractivity contribution is 7.20. The van der Waals surface area contributed by atoms with Gasteiger partial charge in [-0.3, -0.25) is 4.79 Å². The molecule has 4 heteroatoms. The molecule has 1 N–H and O–H groups in total. The van der Waals surface area contributed by atoms with Crippen molar-refractivity contribution in [2.45, 2.75) is 12.8 Å². The Labute approximate surface area is 128 Å². The lowest BCUT2D eigenvalue weighted by Gasteiger charge is -2.20. The maximum absolute atomic E-state index is 12.8. The zero-order valence-electron chi connectivity index (χ0n) is 12.0. The van der Waals surface area contributed by atoms with Gasteiger partial charge >= 0.3 is 0 Å². The van der Waals surface area contributed by atoms with Crippen LogP contribution in [0.15, 0.2) is 30.3 Å². The van der Waals surface area contributed by atoms with Crippen LogP contribution in [0.25, 0.3) is 10.1 Å². The average molecular weight is 300 g/mol. The fourth-order valence-electron chi connectivity index (χ4n) is 3.66. The van der Waals surface area contributed by atoms with Crippen LogP contribution in [-0.4, -0.2) is 37.0 Å². The molecule has 0 bridgehead atoms. The Kier molecular flexibility index (Phi) is 3.43. The minimum atomic E-state index is 0.226. The van der Waals surface area contributed by atoms with Crippen molar-refractivity contribution in [1.82, 2.24) is 10.2 Å². The molecule has 0 saturated carbocycles. The molecule has 2 aliphatic heterocycles. The van der Waals surface area contributed by atoms with E-state index in [0.29, 0.717) is 0 Å². The number of nitrogens with one attached hydrogen (secondary N) is 1. The van der Waals surface area contributed by atoms with Crippen LogP contribution in [0.3, 0.4) is 0 Å². The van der Waals surface area contributed by atoms with Crippen LogP contribution in [0.4, 0.5) is 0 Å². The van der Waals surface area contributed by atoms with E-state index in [1.54, 1.807) is 11.3 Å². The van der Waals surface area contributed by atoms with Crippen molar-refractivity contribution in [3.8, 4) is 0 Å². The van der Waals surface area contributed by atoms with E-state index < -0.39 is 0 Å². The molecule has 1 amide bonds. The van der Waals surface area contributed by atoms with Gasteiger partial charge in [0.1, 0.15) is 0 Å². The van der Waals surface area contributed by atoms with Crippen molar-refractivity contribution in [2.75, 3.05) is 26.2 Å². The number of benzene rings is 1. The number of carbonyl (C=O) groups excluding carboxylic acids is 1. The first kappa shape index (κ1) is 13.3. The number of hydrogen-bond donors (Lipinski definition) is 1. The predicted octanol–water partition coefficient (Wildman–Crippen LogP) is 2.97. The summed E-state index contributed by atoms with van der Waals surface area (Å²) in [7, 11) is 0. The molecule has 0 aliphatic carbocycles. The second kappa shape index (κ2) is 5.43. The van der Waals surface area contributed by atoms with E-state index in [4.69, 9.17) is 0 Å². The molecule has 1 aromatic heterocycles. The zero-order valence-corrected chi connectivity index (χ0v) is 12.9. The molecular weight excluding hydrogens is 280 g/mol. The van der Waals surface area contributed by atoms with E-state index in [2.05, 4.69) is 28.4 Å².